The Kier molecular flexibility index (Phi) is 6.98. The van der Waals surface area contributed by atoms with E-state index in [4.69, 9.17) is 5.84 Å². The van der Waals surface area contributed by atoms with Gasteiger partial charge in [-0.1, -0.05) is 26.7 Å². The predicted octanol–water partition coefficient (Wildman–Crippen LogP) is 2.49. The van der Waals surface area contributed by atoms with Crippen molar-refractivity contribution < 1.29 is 0 Å². The summed E-state index contributed by atoms with van der Waals surface area (Å²) in [6.45, 7) is 7.51. The monoisotopic (exact) mass is 252 g/mol. The van der Waals surface area contributed by atoms with Gasteiger partial charge in [0, 0.05) is 18.8 Å². The van der Waals surface area contributed by atoms with Crippen LogP contribution in [0.1, 0.15) is 52.0 Å². The van der Waals surface area contributed by atoms with E-state index in [2.05, 4.69) is 37.5 Å². The summed E-state index contributed by atoms with van der Waals surface area (Å²) in [6.07, 6.45) is 9.98. The van der Waals surface area contributed by atoms with Crippen molar-refractivity contribution >= 4 is 0 Å². The fourth-order valence-electron chi connectivity index (χ4n) is 2.59. The number of hydrogen-bond donors (Lipinski definition) is 2. The Morgan fingerprint density at radius 2 is 1.94 bits per heavy atom. The van der Waals surface area contributed by atoms with Gasteiger partial charge in [-0.15, -0.1) is 0 Å². The zero-order valence-electron chi connectivity index (χ0n) is 12.0. The van der Waals surface area contributed by atoms with E-state index in [1.54, 1.807) is 0 Å². The maximum absolute atomic E-state index is 5.74. The molecule has 0 bridgehead atoms. The van der Waals surface area contributed by atoms with Crippen molar-refractivity contribution in [1.82, 2.24) is 15.2 Å². The molecule has 0 radical (unpaired) electrons. The van der Waals surface area contributed by atoms with Gasteiger partial charge < -0.3 is 0 Å². The third-order valence-corrected chi connectivity index (χ3v) is 3.57. The first-order valence-electron chi connectivity index (χ1n) is 7.22. The van der Waals surface area contributed by atoms with Gasteiger partial charge in [0.25, 0.3) is 0 Å². The molecule has 18 heavy (non-hydrogen) atoms. The molecule has 1 rings (SSSR count). The van der Waals surface area contributed by atoms with E-state index >= 15 is 0 Å². The van der Waals surface area contributed by atoms with E-state index < -0.39 is 0 Å². The highest BCUT2D eigenvalue weighted by Crippen LogP contribution is 2.20. The molecule has 0 aliphatic carbocycles. The largest absolute Gasteiger partial charge is 0.273 e. The molecule has 0 aromatic carbocycles. The smallest absolute Gasteiger partial charge is 0.0522 e. The van der Waals surface area contributed by atoms with Crippen LogP contribution in [-0.4, -0.2) is 15.8 Å². The lowest BCUT2D eigenvalue weighted by Crippen LogP contribution is -2.42. The topological polar surface area (TPSA) is 55.9 Å². The van der Waals surface area contributed by atoms with Crippen molar-refractivity contribution in [2.24, 2.45) is 11.8 Å². The fourth-order valence-corrected chi connectivity index (χ4v) is 2.59. The Bertz CT molecular complexity index is 315. The van der Waals surface area contributed by atoms with E-state index in [0.717, 1.165) is 13.0 Å². The zero-order chi connectivity index (χ0) is 13.4. The van der Waals surface area contributed by atoms with Crippen LogP contribution in [0.15, 0.2) is 12.4 Å². The Labute approximate surface area is 111 Å². The Balaban J connectivity index is 2.62. The van der Waals surface area contributed by atoms with Crippen LogP contribution in [0.3, 0.4) is 0 Å². The molecule has 0 spiro atoms. The number of aromatic nitrogens is 2. The summed E-state index contributed by atoms with van der Waals surface area (Å²) < 4.78 is 1.97. The average Bonchev–Trinajstić information content (AvgIpc) is 2.83. The van der Waals surface area contributed by atoms with Crippen LogP contribution >= 0.6 is 0 Å². The van der Waals surface area contributed by atoms with Gasteiger partial charge in [-0.3, -0.25) is 16.0 Å². The second-order valence-electron chi connectivity index (χ2n) is 5.02. The van der Waals surface area contributed by atoms with E-state index in [1.807, 2.05) is 10.9 Å². The maximum atomic E-state index is 5.74. The number of nitrogens with one attached hydrogen (secondary N) is 1. The highest BCUT2D eigenvalue weighted by atomic mass is 15.3. The summed E-state index contributed by atoms with van der Waals surface area (Å²) in [6, 6.07) is 0.361. The van der Waals surface area contributed by atoms with Crippen LogP contribution in [0.25, 0.3) is 0 Å². The van der Waals surface area contributed by atoms with Gasteiger partial charge >= 0.3 is 0 Å². The van der Waals surface area contributed by atoms with Crippen LogP contribution < -0.4 is 11.3 Å². The predicted molar refractivity (Wildman–Crippen MR) is 76.0 cm³/mol. The number of nitrogens with zero attached hydrogens (tertiary/aromatic N) is 2. The molecule has 104 valence electrons. The van der Waals surface area contributed by atoms with Crippen LogP contribution in [0, 0.1) is 5.92 Å². The highest BCUT2D eigenvalue weighted by Gasteiger charge is 2.19. The Hall–Kier alpha value is -0.870. The third kappa shape index (κ3) is 4.42. The van der Waals surface area contributed by atoms with Crippen LogP contribution in [0.2, 0.25) is 0 Å². The minimum absolute atomic E-state index is 0.361. The van der Waals surface area contributed by atoms with Gasteiger partial charge in [0.05, 0.1) is 6.20 Å². The zero-order valence-corrected chi connectivity index (χ0v) is 12.0. The number of rotatable bonds is 9. The lowest BCUT2D eigenvalue weighted by molar-refractivity contribution is 0.311. The van der Waals surface area contributed by atoms with Crippen LogP contribution in [0.5, 0.6) is 0 Å². The van der Waals surface area contributed by atoms with Crippen molar-refractivity contribution in [2.45, 2.75) is 65.5 Å². The lowest BCUT2D eigenvalue weighted by Gasteiger charge is -2.25. The summed E-state index contributed by atoms with van der Waals surface area (Å²) in [7, 11) is 0. The molecular formula is C14H28N4. The number of hydrogen-bond acceptors (Lipinski definition) is 3. The first-order chi connectivity index (χ1) is 8.74. The molecule has 1 unspecified atom stereocenters. The van der Waals surface area contributed by atoms with Crippen molar-refractivity contribution in [3.05, 3.63) is 18.0 Å². The van der Waals surface area contributed by atoms with Crippen molar-refractivity contribution in [3.63, 3.8) is 0 Å². The van der Waals surface area contributed by atoms with Crippen LogP contribution in [0.4, 0.5) is 0 Å². The van der Waals surface area contributed by atoms with E-state index in [0.29, 0.717) is 12.0 Å². The van der Waals surface area contributed by atoms with Gasteiger partial charge in [0.2, 0.25) is 0 Å². The van der Waals surface area contributed by atoms with Gasteiger partial charge in [-0.25, -0.2) is 0 Å². The van der Waals surface area contributed by atoms with Gasteiger partial charge in [0.15, 0.2) is 0 Å². The summed E-state index contributed by atoms with van der Waals surface area (Å²) >= 11 is 0. The molecule has 0 fully saturated rings. The molecule has 1 aromatic rings. The first-order valence-corrected chi connectivity index (χ1v) is 7.22. The van der Waals surface area contributed by atoms with Gasteiger partial charge in [0.1, 0.15) is 0 Å². The van der Waals surface area contributed by atoms with Crippen molar-refractivity contribution in [1.29, 1.82) is 0 Å². The summed E-state index contributed by atoms with van der Waals surface area (Å²) in [5.41, 5.74) is 4.29. The van der Waals surface area contributed by atoms with E-state index in [1.165, 1.54) is 31.2 Å². The molecule has 0 amide bonds. The normalized spacial score (nSPS) is 13.2. The minimum Gasteiger partial charge on any atom is -0.273 e. The second-order valence-corrected chi connectivity index (χ2v) is 5.02. The molecule has 1 atom stereocenters. The first kappa shape index (κ1) is 15.2. The number of hydrazine groups is 1. The SMILES string of the molecule is CCCC(CCC)C(Cc1cnn(CC)c1)NN. The highest BCUT2D eigenvalue weighted by molar-refractivity contribution is 5.06. The van der Waals surface area contributed by atoms with Gasteiger partial charge in [-0.2, -0.15) is 5.10 Å². The Morgan fingerprint density at radius 1 is 1.28 bits per heavy atom. The summed E-state index contributed by atoms with van der Waals surface area (Å²) in [4.78, 5) is 0. The van der Waals surface area contributed by atoms with E-state index in [9.17, 15) is 0 Å². The molecule has 1 heterocycles. The quantitative estimate of drug-likeness (QED) is 0.524. The standard InChI is InChI=1S/C14H28N4/c1-4-7-13(8-5-2)14(17-15)9-12-10-16-18(6-3)11-12/h10-11,13-14,17H,4-9,15H2,1-3H3. The molecule has 0 aliphatic heterocycles. The average molecular weight is 252 g/mol. The molecule has 1 aromatic heterocycles. The molecule has 0 saturated heterocycles. The fraction of sp³-hybridized carbons (Fsp3) is 0.786. The molecule has 4 heteroatoms. The van der Waals surface area contributed by atoms with Crippen molar-refractivity contribution in [2.75, 3.05) is 0 Å². The molecule has 0 saturated carbocycles. The van der Waals surface area contributed by atoms with Crippen LogP contribution in [-0.2, 0) is 13.0 Å². The molecule has 3 N–H and O–H groups in total. The molecule has 4 nitrogen and oxygen atoms in total. The summed E-state index contributed by atoms with van der Waals surface area (Å²) in [5.74, 6) is 6.41. The number of aryl methyl sites for hydroxylation is 1. The Morgan fingerprint density at radius 3 is 2.39 bits per heavy atom. The summed E-state index contributed by atoms with van der Waals surface area (Å²) in [5, 5.41) is 4.32. The molecular weight excluding hydrogens is 224 g/mol. The van der Waals surface area contributed by atoms with Gasteiger partial charge in [-0.05, 0) is 37.7 Å². The van der Waals surface area contributed by atoms with Crippen molar-refractivity contribution in [3.8, 4) is 0 Å². The van der Waals surface area contributed by atoms with E-state index in [-0.39, 0.29) is 0 Å². The minimum atomic E-state index is 0.361. The number of nitrogens with two attached hydrogens (primary N) is 1. The second kappa shape index (κ2) is 8.27. The maximum Gasteiger partial charge on any atom is 0.0522 e. The third-order valence-electron chi connectivity index (χ3n) is 3.57. The molecule has 0 aliphatic rings. The lowest BCUT2D eigenvalue weighted by atomic mass is 9.87.